The number of carbonyl (C=O) groups is 1. The summed E-state index contributed by atoms with van der Waals surface area (Å²) in [6.07, 6.45) is 3.10. The maximum Gasteiger partial charge on any atom is 0.342 e. The number of aromatic nitrogens is 2. The fraction of sp³-hybridized carbons (Fsp3) is 0.371. The van der Waals surface area contributed by atoms with Crippen LogP contribution in [0.3, 0.4) is 0 Å². The number of rotatable bonds is 10. The molecule has 1 aromatic heterocycles. The van der Waals surface area contributed by atoms with E-state index in [1.54, 1.807) is 4.68 Å². The number of para-hydroxylation sites is 1. The maximum absolute atomic E-state index is 11.9. The second-order valence-electron chi connectivity index (χ2n) is 11.4. The molecule has 224 valence electrons. The lowest BCUT2D eigenvalue weighted by molar-refractivity contribution is -0.0695. The van der Waals surface area contributed by atoms with Crippen molar-refractivity contribution in [3.63, 3.8) is 0 Å². The van der Waals surface area contributed by atoms with Crippen molar-refractivity contribution in [2.24, 2.45) is 0 Å². The summed E-state index contributed by atoms with van der Waals surface area (Å²) in [6, 6.07) is 17.4. The topological polar surface area (TPSA) is 86.0 Å². The number of hydrogen-bond donors (Lipinski definition) is 1. The Labute approximate surface area is 252 Å². The molecule has 43 heavy (non-hydrogen) atoms. The van der Waals surface area contributed by atoms with Gasteiger partial charge in [-0.05, 0) is 78.6 Å². The van der Waals surface area contributed by atoms with Gasteiger partial charge in [-0.15, -0.1) is 0 Å². The fourth-order valence-electron chi connectivity index (χ4n) is 6.34. The maximum atomic E-state index is 11.9. The van der Waals surface area contributed by atoms with Gasteiger partial charge in [-0.25, -0.2) is 9.48 Å². The molecule has 0 amide bonds. The highest BCUT2D eigenvalue weighted by atomic mass is 16.5. The molecular formula is C35H39N3O5. The van der Waals surface area contributed by atoms with Gasteiger partial charge in [0.15, 0.2) is 0 Å². The first kappa shape index (κ1) is 29.0. The minimum Gasteiger partial charge on any atom is -0.488 e. The monoisotopic (exact) mass is 581 g/mol. The summed E-state index contributed by atoms with van der Waals surface area (Å²) < 4.78 is 19.4. The second kappa shape index (κ2) is 12.2. The van der Waals surface area contributed by atoms with Crippen molar-refractivity contribution in [3.05, 3.63) is 93.7 Å². The van der Waals surface area contributed by atoms with Gasteiger partial charge in [-0.1, -0.05) is 49.4 Å². The van der Waals surface area contributed by atoms with E-state index in [-0.39, 0.29) is 11.4 Å². The molecule has 3 heterocycles. The van der Waals surface area contributed by atoms with Gasteiger partial charge >= 0.3 is 5.97 Å². The molecule has 0 saturated carbocycles. The van der Waals surface area contributed by atoms with Crippen LogP contribution in [0.25, 0.3) is 16.8 Å². The van der Waals surface area contributed by atoms with E-state index < -0.39 is 5.97 Å². The molecule has 8 heteroatoms. The smallest absolute Gasteiger partial charge is 0.342 e. The zero-order valence-electron chi connectivity index (χ0n) is 25.4. The molecule has 2 aliphatic heterocycles. The van der Waals surface area contributed by atoms with Gasteiger partial charge in [-0.3, -0.25) is 4.90 Å². The number of aryl methyl sites for hydroxylation is 2. The van der Waals surface area contributed by atoms with Gasteiger partial charge in [-0.2, -0.15) is 5.10 Å². The van der Waals surface area contributed by atoms with Crippen molar-refractivity contribution in [3.8, 4) is 28.4 Å². The lowest BCUT2D eigenvalue weighted by atomic mass is 9.92. The van der Waals surface area contributed by atoms with Gasteiger partial charge in [0.2, 0.25) is 5.88 Å². The van der Waals surface area contributed by atoms with Crippen LogP contribution in [0, 0.1) is 13.8 Å². The number of benzene rings is 3. The van der Waals surface area contributed by atoms with E-state index >= 15 is 0 Å². The molecular weight excluding hydrogens is 542 g/mol. The molecule has 8 nitrogen and oxygen atoms in total. The first-order valence-electron chi connectivity index (χ1n) is 15.1. The first-order valence-corrected chi connectivity index (χ1v) is 15.1. The van der Waals surface area contributed by atoms with Crippen LogP contribution < -0.4 is 9.47 Å². The molecule has 0 aliphatic carbocycles. The van der Waals surface area contributed by atoms with Gasteiger partial charge in [0, 0.05) is 18.7 Å². The van der Waals surface area contributed by atoms with Crippen molar-refractivity contribution >= 4 is 5.97 Å². The number of carboxylic acids is 1. The number of ether oxygens (including phenoxy) is 3. The molecule has 1 fully saturated rings. The Morgan fingerprint density at radius 2 is 1.84 bits per heavy atom. The van der Waals surface area contributed by atoms with Crippen LogP contribution in [0.5, 0.6) is 11.6 Å². The highest BCUT2D eigenvalue weighted by Crippen LogP contribution is 2.39. The number of nitrogens with zero attached hydrogens (tertiary/aromatic N) is 3. The molecule has 0 spiro atoms. The number of aromatic carboxylic acids is 1. The predicted molar refractivity (Wildman–Crippen MR) is 165 cm³/mol. The van der Waals surface area contributed by atoms with Crippen LogP contribution in [0.15, 0.2) is 54.7 Å². The van der Waals surface area contributed by atoms with E-state index in [1.165, 1.54) is 28.5 Å². The van der Waals surface area contributed by atoms with Crippen molar-refractivity contribution in [1.29, 1.82) is 0 Å². The minimum absolute atomic E-state index is 0.0407. The summed E-state index contributed by atoms with van der Waals surface area (Å²) in [4.78, 5) is 14.4. The molecule has 0 atom stereocenters. The largest absolute Gasteiger partial charge is 0.488 e. The zero-order chi connectivity index (χ0) is 30.1. The van der Waals surface area contributed by atoms with Crippen LogP contribution in [0.2, 0.25) is 0 Å². The van der Waals surface area contributed by atoms with Gasteiger partial charge in [0.1, 0.15) is 17.9 Å². The van der Waals surface area contributed by atoms with Gasteiger partial charge in [0.25, 0.3) is 0 Å². The average Bonchev–Trinajstić information content (AvgIpc) is 3.39. The molecule has 2 aliphatic rings. The Morgan fingerprint density at radius 3 is 2.56 bits per heavy atom. The summed E-state index contributed by atoms with van der Waals surface area (Å²) >= 11 is 0. The lowest BCUT2D eigenvalue weighted by Gasteiger charge is -2.40. The standard InChI is InChI=1S/C35H39N3O5/c1-5-27-28(10-8-12-32(27)38-34(42-6-2)30(17-36-38)35(39)40)29-11-7-9-22(3)33(29)43-19-24-15-23(4)31-18-37(26-20-41-21-26)14-13-25(31)16-24/h7-12,15-17,26H,5-6,13-14,18-21H2,1-4H3,(H,39,40). The van der Waals surface area contributed by atoms with Crippen LogP contribution >= 0.6 is 0 Å². The normalized spacial score (nSPS) is 15.2. The number of hydrogen-bond acceptors (Lipinski definition) is 6. The Morgan fingerprint density at radius 1 is 1.05 bits per heavy atom. The van der Waals surface area contributed by atoms with E-state index in [9.17, 15) is 9.90 Å². The first-order chi connectivity index (χ1) is 20.9. The van der Waals surface area contributed by atoms with Gasteiger partial charge in [0.05, 0.1) is 37.7 Å². The van der Waals surface area contributed by atoms with E-state index in [0.29, 0.717) is 25.7 Å². The lowest BCUT2D eigenvalue weighted by Crippen LogP contribution is -2.50. The Kier molecular flexibility index (Phi) is 8.23. The van der Waals surface area contributed by atoms with Crippen LogP contribution in [-0.2, 0) is 30.7 Å². The fourth-order valence-corrected chi connectivity index (χ4v) is 6.34. The molecule has 0 unspecified atom stereocenters. The Balaban J connectivity index is 1.32. The summed E-state index contributed by atoms with van der Waals surface area (Å²) in [5.74, 6) is 0.00747. The van der Waals surface area contributed by atoms with Crippen molar-refractivity contribution in [2.75, 3.05) is 26.4 Å². The van der Waals surface area contributed by atoms with E-state index in [1.807, 2.05) is 25.1 Å². The predicted octanol–water partition coefficient (Wildman–Crippen LogP) is 6.15. The SMILES string of the molecule is CCOc1c(C(=O)O)cnn1-c1cccc(-c2cccc(C)c2OCc2cc(C)c3c(c2)CCN(C2COC2)C3)c1CC. The minimum atomic E-state index is -1.07. The highest BCUT2D eigenvalue weighted by molar-refractivity contribution is 5.90. The van der Waals surface area contributed by atoms with E-state index in [2.05, 4.69) is 61.1 Å². The molecule has 0 radical (unpaired) electrons. The van der Waals surface area contributed by atoms with Crippen LogP contribution in [0.1, 0.15) is 57.6 Å². The summed E-state index contributed by atoms with van der Waals surface area (Å²) in [6.45, 7) is 12.8. The third kappa shape index (κ3) is 5.53. The van der Waals surface area contributed by atoms with Crippen molar-refractivity contribution < 1.29 is 24.1 Å². The van der Waals surface area contributed by atoms with Crippen LogP contribution in [-0.4, -0.2) is 58.2 Å². The Hall–Kier alpha value is -4.14. The van der Waals surface area contributed by atoms with Gasteiger partial charge < -0.3 is 19.3 Å². The average molecular weight is 582 g/mol. The van der Waals surface area contributed by atoms with Crippen LogP contribution in [0.4, 0.5) is 0 Å². The quantitative estimate of drug-likeness (QED) is 0.240. The molecule has 1 saturated heterocycles. The number of fused-ring (bicyclic) bond motifs is 1. The third-order valence-corrected chi connectivity index (χ3v) is 8.65. The zero-order valence-corrected chi connectivity index (χ0v) is 25.4. The second-order valence-corrected chi connectivity index (χ2v) is 11.4. The van der Waals surface area contributed by atoms with E-state index in [4.69, 9.17) is 14.2 Å². The molecule has 0 bridgehead atoms. The molecule has 3 aromatic carbocycles. The number of carboxylic acid groups (broad SMARTS) is 1. The molecule has 4 aromatic rings. The summed E-state index contributed by atoms with van der Waals surface area (Å²) in [5.41, 5.74) is 10.3. The molecule has 1 N–H and O–H groups in total. The van der Waals surface area contributed by atoms with Crippen molar-refractivity contribution in [1.82, 2.24) is 14.7 Å². The highest BCUT2D eigenvalue weighted by Gasteiger charge is 2.29. The summed E-state index contributed by atoms with van der Waals surface area (Å²) in [5, 5.41) is 14.1. The van der Waals surface area contributed by atoms with Crippen molar-refractivity contribution in [2.45, 2.75) is 59.7 Å². The molecule has 6 rings (SSSR count). The Bertz CT molecular complexity index is 1660. The third-order valence-electron chi connectivity index (χ3n) is 8.65. The van der Waals surface area contributed by atoms with E-state index in [0.717, 1.165) is 66.4 Å². The summed E-state index contributed by atoms with van der Waals surface area (Å²) in [7, 11) is 0.